The van der Waals surface area contributed by atoms with Gasteiger partial charge in [-0.2, -0.15) is 8.42 Å². The van der Waals surface area contributed by atoms with Crippen molar-refractivity contribution < 1.29 is 51.3 Å². The van der Waals surface area contributed by atoms with Crippen LogP contribution >= 0.6 is 11.3 Å². The Bertz CT molecular complexity index is 2050. The zero-order valence-corrected chi connectivity index (χ0v) is 31.4. The molecule has 1 saturated carbocycles. The van der Waals surface area contributed by atoms with Gasteiger partial charge in [0, 0.05) is 37.9 Å². The van der Waals surface area contributed by atoms with Gasteiger partial charge in [-0.25, -0.2) is 28.7 Å². The SMILES string of the molecule is CC(C)(C)OC(=O)Nc1nc(/C(=N/OC2(C(=O)OC(c3ccccc3)c3ccccc3)CC2)C(=O)N[C@@H]2C(=O)N(S(=O)(=O)O)[C@@H]2CN2CCNC(=O)N2)cs1. The number of rotatable bonds is 13. The molecule has 0 radical (unpaired) electrons. The third kappa shape index (κ3) is 9.36. The van der Waals surface area contributed by atoms with Gasteiger partial charge in [0.25, 0.3) is 11.8 Å². The lowest BCUT2D eigenvalue weighted by Crippen LogP contribution is -2.75. The van der Waals surface area contributed by atoms with Gasteiger partial charge in [-0.15, -0.1) is 11.3 Å². The second-order valence-electron chi connectivity index (χ2n) is 13.7. The quantitative estimate of drug-likeness (QED) is 0.0548. The Hall–Kier alpha value is -5.64. The Morgan fingerprint density at radius 3 is 2.27 bits per heavy atom. The number of hydrogen-bond donors (Lipinski definition) is 5. The summed E-state index contributed by atoms with van der Waals surface area (Å²) in [6, 6.07) is 14.7. The number of nitrogens with zero attached hydrogens (tertiary/aromatic N) is 4. The maximum absolute atomic E-state index is 14.0. The molecule has 1 aliphatic carbocycles. The van der Waals surface area contributed by atoms with Crippen molar-refractivity contribution in [3.63, 3.8) is 0 Å². The molecule has 3 fully saturated rings. The standard InChI is InChI=1S/C34H38N8O11S2/c1-33(2,3)52-32(47)38-31-36-22(19-54-31)24(27(43)37-25-23(42(28(25)44)55(48,49)50)18-41-17-16-35-30(46)39-41)40-53-34(14-15-34)29(45)51-26(20-10-6-4-7-11-20)21-12-8-5-9-13-21/h4-13,19,23,25-26H,14-18H2,1-3H3,(H,37,43)(H2,35,39,46)(H,36,38,47)(H,48,49,50)/b40-24-/t23-,25+/m1/s1. The largest absolute Gasteiger partial charge is 0.450 e. The van der Waals surface area contributed by atoms with Gasteiger partial charge in [0.2, 0.25) is 5.60 Å². The van der Waals surface area contributed by atoms with E-state index in [4.69, 9.17) is 14.3 Å². The van der Waals surface area contributed by atoms with Gasteiger partial charge in [0.05, 0.1) is 6.04 Å². The minimum atomic E-state index is -5.06. The van der Waals surface area contributed by atoms with E-state index < -0.39 is 75.3 Å². The molecule has 2 saturated heterocycles. The van der Waals surface area contributed by atoms with Crippen LogP contribution in [0.3, 0.4) is 0 Å². The summed E-state index contributed by atoms with van der Waals surface area (Å²) < 4.78 is 45.5. The molecule has 2 atom stereocenters. The number of oxime groups is 1. The Morgan fingerprint density at radius 2 is 1.71 bits per heavy atom. The van der Waals surface area contributed by atoms with Crippen LogP contribution in [0.25, 0.3) is 0 Å². The van der Waals surface area contributed by atoms with Crippen molar-refractivity contribution in [1.29, 1.82) is 0 Å². The van der Waals surface area contributed by atoms with E-state index in [2.05, 4.69) is 31.5 Å². The highest BCUT2D eigenvalue weighted by Gasteiger charge is 2.57. The summed E-state index contributed by atoms with van der Waals surface area (Å²) in [4.78, 5) is 75.1. The van der Waals surface area contributed by atoms with Crippen LogP contribution in [0.2, 0.25) is 0 Å². The van der Waals surface area contributed by atoms with E-state index in [1.807, 2.05) is 60.7 Å². The second kappa shape index (κ2) is 15.6. The highest BCUT2D eigenvalue weighted by atomic mass is 32.2. The molecule has 19 nitrogen and oxygen atoms in total. The van der Waals surface area contributed by atoms with Crippen LogP contribution in [0.5, 0.6) is 0 Å². The number of esters is 1. The molecule has 6 rings (SSSR count). The number of benzene rings is 2. The molecule has 2 aliphatic heterocycles. The third-order valence-electron chi connectivity index (χ3n) is 8.43. The van der Waals surface area contributed by atoms with E-state index >= 15 is 0 Å². The van der Waals surface area contributed by atoms with E-state index in [1.54, 1.807) is 20.8 Å². The van der Waals surface area contributed by atoms with Crippen molar-refractivity contribution in [2.24, 2.45) is 5.16 Å². The van der Waals surface area contributed by atoms with Crippen molar-refractivity contribution in [1.82, 2.24) is 30.4 Å². The van der Waals surface area contributed by atoms with Crippen molar-refractivity contribution >= 4 is 62.4 Å². The van der Waals surface area contributed by atoms with Crippen LogP contribution < -0.4 is 21.4 Å². The van der Waals surface area contributed by atoms with E-state index in [-0.39, 0.29) is 47.6 Å². The summed E-state index contributed by atoms with van der Waals surface area (Å²) in [6.07, 6.45) is -1.25. The predicted octanol–water partition coefficient (Wildman–Crippen LogP) is 2.10. The van der Waals surface area contributed by atoms with Gasteiger partial charge in [-0.3, -0.25) is 24.9 Å². The first-order chi connectivity index (χ1) is 26.0. The number of hydrogen-bond acceptors (Lipinski definition) is 14. The lowest BCUT2D eigenvalue weighted by molar-refractivity contribution is -0.164. The van der Waals surface area contributed by atoms with Gasteiger partial charge in [0.15, 0.2) is 16.9 Å². The van der Waals surface area contributed by atoms with Gasteiger partial charge >= 0.3 is 28.4 Å². The maximum atomic E-state index is 14.0. The second-order valence-corrected chi connectivity index (χ2v) is 15.9. The minimum Gasteiger partial charge on any atom is -0.450 e. The van der Waals surface area contributed by atoms with Gasteiger partial charge in [-0.05, 0) is 31.9 Å². The van der Waals surface area contributed by atoms with Crippen molar-refractivity contribution in [2.75, 3.05) is 25.0 Å². The molecule has 5 amide bonds. The fourth-order valence-corrected chi connectivity index (χ4v) is 7.22. The molecule has 5 N–H and O–H groups in total. The van der Waals surface area contributed by atoms with Gasteiger partial charge in [-0.1, -0.05) is 65.8 Å². The number of anilines is 1. The van der Waals surface area contributed by atoms with Crippen LogP contribution in [-0.2, 0) is 39.0 Å². The number of amides is 5. The number of carbonyl (C=O) groups is 5. The first-order valence-corrected chi connectivity index (χ1v) is 19.2. The predicted molar refractivity (Wildman–Crippen MR) is 195 cm³/mol. The minimum absolute atomic E-state index is 0.00320. The normalized spacial score (nSPS) is 19.7. The molecular formula is C34H38N8O11S2. The first kappa shape index (κ1) is 39.1. The third-order valence-corrected chi connectivity index (χ3v) is 10.1. The lowest BCUT2D eigenvalue weighted by atomic mass is 9.98. The van der Waals surface area contributed by atoms with Gasteiger partial charge < -0.3 is 24.9 Å². The number of nitrogens with one attached hydrogen (secondary N) is 4. The highest BCUT2D eigenvalue weighted by molar-refractivity contribution is 7.84. The summed E-state index contributed by atoms with van der Waals surface area (Å²) in [5.41, 5.74) is 0.769. The Balaban J connectivity index is 1.26. The zero-order valence-electron chi connectivity index (χ0n) is 29.8. The number of aromatic nitrogens is 1. The molecular weight excluding hydrogens is 761 g/mol. The summed E-state index contributed by atoms with van der Waals surface area (Å²) >= 11 is 0.904. The summed E-state index contributed by atoms with van der Waals surface area (Å²) in [6.45, 7) is 5.11. The fourth-order valence-electron chi connectivity index (χ4n) is 5.67. The number of ether oxygens (including phenoxy) is 2. The Labute approximate surface area is 319 Å². The molecule has 55 heavy (non-hydrogen) atoms. The summed E-state index contributed by atoms with van der Waals surface area (Å²) in [5, 5.41) is 14.1. The maximum Gasteiger partial charge on any atom is 0.413 e. The summed E-state index contributed by atoms with van der Waals surface area (Å²) in [7, 11) is -5.06. The fraction of sp³-hybridized carbons (Fsp3) is 0.382. The number of hydrazine groups is 1. The number of thiazole rings is 1. The molecule has 0 unspecified atom stereocenters. The van der Waals surface area contributed by atoms with Crippen LogP contribution in [0, 0.1) is 0 Å². The van der Waals surface area contributed by atoms with Crippen LogP contribution in [-0.4, -0.2) is 106 Å². The Morgan fingerprint density at radius 1 is 1.07 bits per heavy atom. The molecule has 3 aromatic rings. The number of β-lactam (4-membered cyclic amide) rings is 1. The van der Waals surface area contributed by atoms with Crippen LogP contribution in [0.4, 0.5) is 14.7 Å². The number of carbonyl (C=O) groups excluding carboxylic acids is 5. The van der Waals surface area contributed by atoms with Crippen molar-refractivity contribution in [3.8, 4) is 0 Å². The van der Waals surface area contributed by atoms with Crippen LogP contribution in [0.15, 0.2) is 71.2 Å². The van der Waals surface area contributed by atoms with E-state index in [0.29, 0.717) is 11.1 Å². The van der Waals surface area contributed by atoms with E-state index in [0.717, 1.165) is 11.3 Å². The molecule has 2 aromatic carbocycles. The average molecular weight is 799 g/mol. The van der Waals surface area contributed by atoms with Crippen molar-refractivity contribution in [3.05, 3.63) is 82.9 Å². The van der Waals surface area contributed by atoms with Crippen molar-refractivity contribution in [2.45, 2.75) is 63.0 Å². The Kier molecular flexibility index (Phi) is 11.1. The first-order valence-electron chi connectivity index (χ1n) is 17.0. The average Bonchev–Trinajstić information content (AvgIpc) is 3.79. The summed E-state index contributed by atoms with van der Waals surface area (Å²) in [5.74, 6) is -2.99. The highest BCUT2D eigenvalue weighted by Crippen LogP contribution is 2.43. The topological polar surface area (TPSA) is 247 Å². The number of urea groups is 1. The van der Waals surface area contributed by atoms with Gasteiger partial charge in [0.1, 0.15) is 17.3 Å². The molecule has 3 aliphatic rings. The monoisotopic (exact) mass is 798 g/mol. The van der Waals surface area contributed by atoms with Crippen LogP contribution in [0.1, 0.15) is 56.5 Å². The lowest BCUT2D eigenvalue weighted by Gasteiger charge is -2.46. The molecule has 0 bridgehead atoms. The molecule has 0 spiro atoms. The molecule has 3 heterocycles. The molecule has 292 valence electrons. The van der Waals surface area contributed by atoms with E-state index in [9.17, 15) is 36.9 Å². The van der Waals surface area contributed by atoms with E-state index in [1.165, 1.54) is 10.4 Å². The molecule has 21 heteroatoms. The smallest absolute Gasteiger partial charge is 0.413 e. The zero-order chi connectivity index (χ0) is 39.5. The molecule has 1 aromatic heterocycles.